The van der Waals surface area contributed by atoms with E-state index >= 15 is 0 Å². The van der Waals surface area contributed by atoms with Gasteiger partial charge in [-0.2, -0.15) is 0 Å². The first kappa shape index (κ1) is 15.3. The molecule has 0 spiro atoms. The lowest BCUT2D eigenvalue weighted by molar-refractivity contribution is 0.177. The van der Waals surface area contributed by atoms with Crippen LogP contribution < -0.4 is 10.5 Å². The van der Waals surface area contributed by atoms with Crippen molar-refractivity contribution >= 4 is 17.2 Å². The normalized spacial score (nSPS) is 15.2. The molecule has 20 heavy (non-hydrogen) atoms. The molecule has 4 heteroatoms. The van der Waals surface area contributed by atoms with Gasteiger partial charge in [-0.15, -0.1) is 0 Å². The summed E-state index contributed by atoms with van der Waals surface area (Å²) in [5.41, 5.74) is 7.80. The summed E-state index contributed by atoms with van der Waals surface area (Å²) in [5, 5.41) is 0. The van der Waals surface area contributed by atoms with Crippen molar-refractivity contribution in [3.8, 4) is 5.75 Å². The lowest BCUT2D eigenvalue weighted by Gasteiger charge is -2.32. The molecular weight excluding hydrogens is 268 g/mol. The van der Waals surface area contributed by atoms with Gasteiger partial charge in [-0.05, 0) is 43.5 Å². The largest absolute Gasteiger partial charge is 0.496 e. The van der Waals surface area contributed by atoms with Gasteiger partial charge < -0.3 is 10.5 Å². The van der Waals surface area contributed by atoms with Crippen molar-refractivity contribution in [2.24, 2.45) is 11.7 Å². The zero-order valence-electron chi connectivity index (χ0n) is 12.4. The summed E-state index contributed by atoms with van der Waals surface area (Å²) in [6, 6.07) is 5.94. The fourth-order valence-corrected chi connectivity index (χ4v) is 2.77. The number of benzene rings is 1. The van der Waals surface area contributed by atoms with Crippen molar-refractivity contribution < 1.29 is 4.74 Å². The Morgan fingerprint density at radius 2 is 2.20 bits per heavy atom. The molecule has 1 aromatic rings. The van der Waals surface area contributed by atoms with Gasteiger partial charge in [-0.1, -0.05) is 25.6 Å². The van der Waals surface area contributed by atoms with Gasteiger partial charge in [0.15, 0.2) is 0 Å². The highest BCUT2D eigenvalue weighted by Gasteiger charge is 2.20. The lowest BCUT2D eigenvalue weighted by Crippen LogP contribution is -2.32. The van der Waals surface area contributed by atoms with Crippen molar-refractivity contribution in [2.75, 3.05) is 20.2 Å². The number of nitrogens with zero attached hydrogens (tertiary/aromatic N) is 1. The van der Waals surface area contributed by atoms with Gasteiger partial charge in [-0.25, -0.2) is 0 Å². The second kappa shape index (κ2) is 7.04. The van der Waals surface area contributed by atoms with E-state index in [-0.39, 0.29) is 0 Å². The number of rotatable bonds is 7. The molecule has 1 fully saturated rings. The van der Waals surface area contributed by atoms with E-state index in [4.69, 9.17) is 22.7 Å². The third-order valence-electron chi connectivity index (χ3n) is 4.15. The minimum Gasteiger partial charge on any atom is -0.496 e. The molecule has 0 atom stereocenters. The molecule has 0 aromatic heterocycles. The molecule has 2 rings (SSSR count). The molecule has 0 amide bonds. The second-order valence-corrected chi connectivity index (χ2v) is 5.96. The second-order valence-electron chi connectivity index (χ2n) is 5.52. The van der Waals surface area contributed by atoms with Gasteiger partial charge in [0.1, 0.15) is 10.7 Å². The highest BCUT2D eigenvalue weighted by Crippen LogP contribution is 2.28. The fourth-order valence-electron chi connectivity index (χ4n) is 2.64. The van der Waals surface area contributed by atoms with Gasteiger partial charge in [0, 0.05) is 24.2 Å². The van der Waals surface area contributed by atoms with Gasteiger partial charge in [0.05, 0.1) is 7.11 Å². The third-order valence-corrected chi connectivity index (χ3v) is 4.38. The average Bonchev–Trinajstić information content (AvgIpc) is 2.40. The van der Waals surface area contributed by atoms with E-state index in [9.17, 15) is 0 Å². The van der Waals surface area contributed by atoms with E-state index in [1.807, 2.05) is 12.1 Å². The van der Waals surface area contributed by atoms with Gasteiger partial charge in [0.2, 0.25) is 0 Å². The molecule has 110 valence electrons. The number of methoxy groups -OCH3 is 1. The first-order chi connectivity index (χ1) is 9.63. The Labute approximate surface area is 127 Å². The molecular formula is C16H24N2OS. The minimum atomic E-state index is 0.441. The van der Waals surface area contributed by atoms with E-state index in [1.54, 1.807) is 7.11 Å². The maximum Gasteiger partial charge on any atom is 0.123 e. The maximum atomic E-state index is 5.73. The van der Waals surface area contributed by atoms with E-state index in [2.05, 4.69) is 17.9 Å². The molecule has 2 N–H and O–H groups in total. The van der Waals surface area contributed by atoms with Crippen LogP contribution in [0.1, 0.15) is 37.3 Å². The summed E-state index contributed by atoms with van der Waals surface area (Å²) in [6.45, 7) is 5.34. The van der Waals surface area contributed by atoms with Crippen LogP contribution in [0.4, 0.5) is 0 Å². The van der Waals surface area contributed by atoms with E-state index in [0.29, 0.717) is 4.99 Å². The Hall–Kier alpha value is -1.13. The van der Waals surface area contributed by atoms with Gasteiger partial charge in [-0.3, -0.25) is 4.90 Å². The van der Waals surface area contributed by atoms with Crippen LogP contribution in [0.5, 0.6) is 5.75 Å². The molecule has 0 unspecified atom stereocenters. The SMILES string of the molecule is CCN(Cc1cc(C(N)=S)ccc1OC)CC1CCC1. The van der Waals surface area contributed by atoms with Crippen molar-refractivity contribution in [1.29, 1.82) is 0 Å². The van der Waals surface area contributed by atoms with Crippen LogP contribution in [0, 0.1) is 5.92 Å². The van der Waals surface area contributed by atoms with Crippen molar-refractivity contribution in [2.45, 2.75) is 32.7 Å². The average molecular weight is 292 g/mol. The highest BCUT2D eigenvalue weighted by atomic mass is 32.1. The molecule has 0 saturated heterocycles. The summed E-state index contributed by atoms with van der Waals surface area (Å²) in [5.74, 6) is 1.79. The smallest absolute Gasteiger partial charge is 0.123 e. The van der Waals surface area contributed by atoms with Gasteiger partial charge in [0.25, 0.3) is 0 Å². The summed E-state index contributed by atoms with van der Waals surface area (Å²) in [4.78, 5) is 2.92. The zero-order valence-corrected chi connectivity index (χ0v) is 13.2. The van der Waals surface area contributed by atoms with Crippen molar-refractivity contribution in [3.05, 3.63) is 29.3 Å². The van der Waals surface area contributed by atoms with Crippen LogP contribution >= 0.6 is 12.2 Å². The maximum absolute atomic E-state index is 5.73. The zero-order chi connectivity index (χ0) is 14.5. The Balaban J connectivity index is 2.11. The summed E-state index contributed by atoms with van der Waals surface area (Å²) in [6.07, 6.45) is 4.14. The van der Waals surface area contributed by atoms with E-state index < -0.39 is 0 Å². The van der Waals surface area contributed by atoms with Crippen molar-refractivity contribution in [3.63, 3.8) is 0 Å². The molecule has 0 bridgehead atoms. The molecule has 0 aliphatic heterocycles. The molecule has 1 aromatic carbocycles. The summed E-state index contributed by atoms with van der Waals surface area (Å²) < 4.78 is 5.46. The molecule has 3 nitrogen and oxygen atoms in total. The standard InChI is InChI=1S/C16H24N2OS/c1-3-18(10-12-5-4-6-12)11-14-9-13(16(17)20)7-8-15(14)19-2/h7-9,12H,3-6,10-11H2,1-2H3,(H2,17,20). The van der Waals surface area contributed by atoms with Gasteiger partial charge >= 0.3 is 0 Å². The Morgan fingerprint density at radius 3 is 2.70 bits per heavy atom. The van der Waals surface area contributed by atoms with Crippen LogP contribution in [0.15, 0.2) is 18.2 Å². The summed E-state index contributed by atoms with van der Waals surface area (Å²) >= 11 is 5.06. The minimum absolute atomic E-state index is 0.441. The Bertz CT molecular complexity index is 472. The number of nitrogens with two attached hydrogens (primary N) is 1. The lowest BCUT2D eigenvalue weighted by atomic mass is 9.85. The van der Waals surface area contributed by atoms with Crippen LogP contribution in [-0.2, 0) is 6.54 Å². The fraction of sp³-hybridized carbons (Fsp3) is 0.562. The van der Waals surface area contributed by atoms with Crippen LogP contribution in [-0.4, -0.2) is 30.1 Å². The number of ether oxygens (including phenoxy) is 1. The van der Waals surface area contributed by atoms with Crippen LogP contribution in [0.3, 0.4) is 0 Å². The molecule has 0 radical (unpaired) electrons. The monoisotopic (exact) mass is 292 g/mol. The highest BCUT2D eigenvalue weighted by molar-refractivity contribution is 7.80. The van der Waals surface area contributed by atoms with E-state index in [1.165, 1.54) is 31.4 Å². The predicted molar refractivity (Wildman–Crippen MR) is 87.2 cm³/mol. The first-order valence-corrected chi connectivity index (χ1v) is 7.74. The van der Waals surface area contributed by atoms with Crippen molar-refractivity contribution in [1.82, 2.24) is 4.90 Å². The number of hydrogen-bond donors (Lipinski definition) is 1. The summed E-state index contributed by atoms with van der Waals surface area (Å²) in [7, 11) is 1.71. The quantitative estimate of drug-likeness (QED) is 0.784. The third kappa shape index (κ3) is 3.70. The van der Waals surface area contributed by atoms with Crippen LogP contribution in [0.2, 0.25) is 0 Å². The van der Waals surface area contributed by atoms with Crippen LogP contribution in [0.25, 0.3) is 0 Å². The first-order valence-electron chi connectivity index (χ1n) is 7.33. The molecule has 1 aliphatic rings. The Morgan fingerprint density at radius 1 is 1.45 bits per heavy atom. The molecule has 1 aliphatic carbocycles. The van der Waals surface area contributed by atoms with E-state index in [0.717, 1.165) is 30.3 Å². The molecule has 0 heterocycles. The molecule has 1 saturated carbocycles. The number of thiocarbonyl (C=S) groups is 1. The number of hydrogen-bond acceptors (Lipinski definition) is 3. The Kier molecular flexibility index (Phi) is 5.38. The topological polar surface area (TPSA) is 38.5 Å². The predicted octanol–water partition coefficient (Wildman–Crippen LogP) is 2.95.